The lowest BCUT2D eigenvalue weighted by atomic mass is 10.0. The number of ether oxygens (including phenoxy) is 1. The Morgan fingerprint density at radius 3 is 2.18 bits per heavy atom. The molecule has 7 nitrogen and oxygen atoms in total. The number of imide groups is 1. The third-order valence-corrected chi connectivity index (χ3v) is 4.01. The Hall–Kier alpha value is -1.50. The predicted molar refractivity (Wildman–Crippen MR) is 80.9 cm³/mol. The van der Waals surface area contributed by atoms with E-state index in [0.29, 0.717) is 39.0 Å². The zero-order chi connectivity index (χ0) is 16.5. The smallest absolute Gasteiger partial charge is 0.410 e. The van der Waals surface area contributed by atoms with Crippen LogP contribution in [0.2, 0.25) is 0 Å². The Labute approximate surface area is 135 Å². The van der Waals surface area contributed by atoms with E-state index in [2.05, 4.69) is 0 Å². The largest absolute Gasteiger partial charge is 0.444 e. The molecule has 0 radical (unpaired) electrons. The van der Waals surface area contributed by atoms with Gasteiger partial charge in [-0.3, -0.25) is 4.79 Å². The number of nitrogens with zero attached hydrogens (tertiary/aromatic N) is 3. The van der Waals surface area contributed by atoms with E-state index in [-0.39, 0.29) is 18.2 Å². The number of likely N-dealkylation sites (tertiary alicyclic amines) is 1. The molecule has 0 aromatic rings. The Balaban J connectivity index is 1.86. The van der Waals surface area contributed by atoms with Crippen molar-refractivity contribution in [1.82, 2.24) is 14.7 Å². The van der Waals surface area contributed by atoms with Gasteiger partial charge in [-0.05, 0) is 45.2 Å². The second-order valence-electron chi connectivity index (χ2n) is 6.58. The summed E-state index contributed by atoms with van der Waals surface area (Å²) in [5.74, 6) is 0. The topological polar surface area (TPSA) is 70.2 Å². The molecule has 2 aliphatic heterocycles. The van der Waals surface area contributed by atoms with Gasteiger partial charge in [0.1, 0.15) is 5.60 Å². The van der Waals surface area contributed by atoms with E-state index in [1.165, 1.54) is 0 Å². The van der Waals surface area contributed by atoms with Crippen LogP contribution in [0, 0.1) is 0 Å². The van der Waals surface area contributed by atoms with Crippen molar-refractivity contribution in [2.24, 2.45) is 0 Å². The maximum absolute atomic E-state index is 12.1. The minimum Gasteiger partial charge on any atom is -0.444 e. The number of hydrogen-bond acceptors (Lipinski definition) is 4. The SMILES string of the molecule is CC(C)(C)OC(=O)N1CCC(N2CCN(C(=O)Cl)C2=O)CC1. The molecular formula is C14H22ClN3O4. The van der Waals surface area contributed by atoms with Crippen LogP contribution in [-0.4, -0.2) is 70.0 Å². The summed E-state index contributed by atoms with van der Waals surface area (Å²) in [5, 5.41) is -0.737. The fourth-order valence-electron chi connectivity index (χ4n) is 2.74. The number of halogens is 1. The summed E-state index contributed by atoms with van der Waals surface area (Å²) in [6.07, 6.45) is 1.03. The van der Waals surface area contributed by atoms with Crippen molar-refractivity contribution in [3.63, 3.8) is 0 Å². The summed E-state index contributed by atoms with van der Waals surface area (Å²) in [7, 11) is 0. The van der Waals surface area contributed by atoms with E-state index in [1.807, 2.05) is 20.8 Å². The molecule has 0 N–H and O–H groups in total. The van der Waals surface area contributed by atoms with Gasteiger partial charge in [-0.15, -0.1) is 0 Å². The van der Waals surface area contributed by atoms with Crippen molar-refractivity contribution >= 4 is 29.1 Å². The number of rotatable bonds is 1. The van der Waals surface area contributed by atoms with Gasteiger partial charge in [0.2, 0.25) is 0 Å². The molecule has 0 bridgehead atoms. The van der Waals surface area contributed by atoms with Crippen LogP contribution in [0.4, 0.5) is 14.4 Å². The van der Waals surface area contributed by atoms with Crippen LogP contribution in [0.15, 0.2) is 0 Å². The molecule has 2 fully saturated rings. The molecule has 22 heavy (non-hydrogen) atoms. The molecule has 0 aliphatic carbocycles. The van der Waals surface area contributed by atoms with Crippen LogP contribution >= 0.6 is 11.6 Å². The number of amides is 4. The minimum atomic E-state index is -0.737. The summed E-state index contributed by atoms with van der Waals surface area (Å²) >= 11 is 5.38. The summed E-state index contributed by atoms with van der Waals surface area (Å²) in [4.78, 5) is 39.6. The molecule has 124 valence electrons. The fraction of sp³-hybridized carbons (Fsp3) is 0.786. The number of urea groups is 1. The van der Waals surface area contributed by atoms with Crippen molar-refractivity contribution in [2.75, 3.05) is 26.2 Å². The minimum absolute atomic E-state index is 0.0344. The maximum Gasteiger partial charge on any atom is 0.410 e. The third kappa shape index (κ3) is 3.82. The van der Waals surface area contributed by atoms with Gasteiger partial charge in [0.05, 0.1) is 0 Å². The fourth-order valence-corrected chi connectivity index (χ4v) is 2.90. The lowest BCUT2D eigenvalue weighted by molar-refractivity contribution is 0.0170. The van der Waals surface area contributed by atoms with Crippen LogP contribution in [-0.2, 0) is 4.74 Å². The molecule has 0 spiro atoms. The van der Waals surface area contributed by atoms with Gasteiger partial charge < -0.3 is 14.5 Å². The van der Waals surface area contributed by atoms with Crippen LogP contribution in [0.25, 0.3) is 0 Å². The van der Waals surface area contributed by atoms with Crippen molar-refractivity contribution in [3.05, 3.63) is 0 Å². The normalized spacial score (nSPS) is 20.5. The van der Waals surface area contributed by atoms with Gasteiger partial charge in [0.15, 0.2) is 0 Å². The molecule has 8 heteroatoms. The van der Waals surface area contributed by atoms with Gasteiger partial charge >= 0.3 is 17.5 Å². The highest BCUT2D eigenvalue weighted by atomic mass is 35.5. The molecule has 2 saturated heterocycles. The van der Waals surface area contributed by atoms with E-state index < -0.39 is 11.0 Å². The Morgan fingerprint density at radius 2 is 1.73 bits per heavy atom. The summed E-state index contributed by atoms with van der Waals surface area (Å²) in [6, 6.07) is -0.303. The number of carbonyl (C=O) groups excluding carboxylic acids is 3. The number of carbonyl (C=O) groups is 3. The average molecular weight is 332 g/mol. The van der Waals surface area contributed by atoms with Crippen molar-refractivity contribution < 1.29 is 19.1 Å². The summed E-state index contributed by atoms with van der Waals surface area (Å²) in [5.41, 5.74) is -0.514. The molecule has 4 amide bonds. The molecule has 0 atom stereocenters. The van der Waals surface area contributed by atoms with Gasteiger partial charge in [-0.25, -0.2) is 14.5 Å². The highest BCUT2D eigenvalue weighted by Gasteiger charge is 2.38. The molecule has 2 rings (SSSR count). The van der Waals surface area contributed by atoms with Gasteiger partial charge in [-0.2, -0.15) is 0 Å². The lowest BCUT2D eigenvalue weighted by Crippen LogP contribution is -2.49. The van der Waals surface area contributed by atoms with Crippen molar-refractivity contribution in [3.8, 4) is 0 Å². The molecule has 0 unspecified atom stereocenters. The summed E-state index contributed by atoms with van der Waals surface area (Å²) in [6.45, 7) is 7.40. The summed E-state index contributed by atoms with van der Waals surface area (Å²) < 4.78 is 5.34. The molecular weight excluding hydrogens is 310 g/mol. The van der Waals surface area contributed by atoms with Crippen LogP contribution in [0.5, 0.6) is 0 Å². The van der Waals surface area contributed by atoms with E-state index in [0.717, 1.165) is 4.90 Å². The van der Waals surface area contributed by atoms with Crippen LogP contribution < -0.4 is 0 Å². The van der Waals surface area contributed by atoms with E-state index in [4.69, 9.17) is 16.3 Å². The predicted octanol–water partition coefficient (Wildman–Crippen LogP) is 2.48. The maximum atomic E-state index is 12.1. The molecule has 2 heterocycles. The number of hydrogen-bond donors (Lipinski definition) is 0. The molecule has 0 aromatic heterocycles. The molecule has 2 aliphatic rings. The van der Waals surface area contributed by atoms with Gasteiger partial charge in [0.25, 0.3) is 0 Å². The first-order valence-electron chi connectivity index (χ1n) is 7.44. The first kappa shape index (κ1) is 16.9. The quantitative estimate of drug-likeness (QED) is 0.546. The zero-order valence-electron chi connectivity index (χ0n) is 13.2. The Kier molecular flexibility index (Phi) is 4.84. The first-order valence-corrected chi connectivity index (χ1v) is 7.82. The van der Waals surface area contributed by atoms with Gasteiger partial charge in [-0.1, -0.05) is 0 Å². The first-order chi connectivity index (χ1) is 10.2. The standard InChI is InChI=1S/C14H22ClN3O4/c1-14(2,3)22-13(21)16-6-4-10(5-7-16)17-8-9-18(11(15)19)12(17)20/h10H,4-9H2,1-3H3. The van der Waals surface area contributed by atoms with Crippen LogP contribution in [0.1, 0.15) is 33.6 Å². The van der Waals surface area contributed by atoms with E-state index in [1.54, 1.807) is 9.80 Å². The monoisotopic (exact) mass is 331 g/mol. The van der Waals surface area contributed by atoms with Gasteiger partial charge in [0, 0.05) is 32.2 Å². The average Bonchev–Trinajstić information content (AvgIpc) is 2.79. The Morgan fingerprint density at radius 1 is 1.14 bits per heavy atom. The highest BCUT2D eigenvalue weighted by molar-refractivity contribution is 6.64. The zero-order valence-corrected chi connectivity index (χ0v) is 13.9. The third-order valence-electron chi connectivity index (χ3n) is 3.81. The van der Waals surface area contributed by atoms with Crippen molar-refractivity contribution in [2.45, 2.75) is 45.3 Å². The Bertz CT molecular complexity index is 469. The van der Waals surface area contributed by atoms with E-state index in [9.17, 15) is 14.4 Å². The second-order valence-corrected chi connectivity index (χ2v) is 6.90. The van der Waals surface area contributed by atoms with Crippen molar-refractivity contribution in [1.29, 1.82) is 0 Å². The molecule has 0 aromatic carbocycles. The lowest BCUT2D eigenvalue weighted by Gasteiger charge is -2.36. The molecule has 0 saturated carbocycles. The van der Waals surface area contributed by atoms with Crippen LogP contribution in [0.3, 0.4) is 0 Å². The number of piperidine rings is 1. The van der Waals surface area contributed by atoms with E-state index >= 15 is 0 Å². The second kappa shape index (κ2) is 6.32. The highest BCUT2D eigenvalue weighted by Crippen LogP contribution is 2.23.